The van der Waals surface area contributed by atoms with Crippen molar-refractivity contribution < 1.29 is 13.2 Å². The molecule has 0 saturated heterocycles. The fraction of sp³-hybridized carbons (Fsp3) is 0.588. The standard InChI is InChI=1S/C17H28N2O3S/c1-13-9-10-14(2)15(12-13)19(23(6,21)22)11-7-8-16(20)18-17(3,4)5/h9-10,12H,7-8,11H2,1-6H3,(H,18,20). The largest absolute Gasteiger partial charge is 0.352 e. The number of carbonyl (C=O) groups is 1. The van der Waals surface area contributed by atoms with Crippen molar-refractivity contribution in [3.8, 4) is 0 Å². The van der Waals surface area contributed by atoms with Gasteiger partial charge in [0, 0.05) is 18.5 Å². The van der Waals surface area contributed by atoms with Crippen LogP contribution in [0.5, 0.6) is 0 Å². The van der Waals surface area contributed by atoms with Crippen molar-refractivity contribution in [3.63, 3.8) is 0 Å². The van der Waals surface area contributed by atoms with Gasteiger partial charge in [0.2, 0.25) is 15.9 Å². The molecule has 0 aliphatic heterocycles. The normalized spacial score (nSPS) is 12.1. The Morgan fingerprint density at radius 3 is 2.35 bits per heavy atom. The number of benzene rings is 1. The fourth-order valence-corrected chi connectivity index (χ4v) is 3.33. The quantitative estimate of drug-likeness (QED) is 0.866. The molecule has 1 rings (SSSR count). The monoisotopic (exact) mass is 340 g/mol. The number of nitrogens with one attached hydrogen (secondary N) is 1. The molecule has 1 N–H and O–H groups in total. The summed E-state index contributed by atoms with van der Waals surface area (Å²) in [6.45, 7) is 9.87. The number of anilines is 1. The minimum absolute atomic E-state index is 0.0630. The number of nitrogens with zero attached hydrogens (tertiary/aromatic N) is 1. The summed E-state index contributed by atoms with van der Waals surface area (Å²) >= 11 is 0. The summed E-state index contributed by atoms with van der Waals surface area (Å²) in [6, 6.07) is 5.73. The molecule has 0 unspecified atom stereocenters. The molecule has 0 bridgehead atoms. The first-order valence-electron chi connectivity index (χ1n) is 7.76. The topological polar surface area (TPSA) is 66.5 Å². The molecule has 0 spiro atoms. The Morgan fingerprint density at radius 2 is 1.83 bits per heavy atom. The van der Waals surface area contributed by atoms with Crippen LogP contribution in [0.15, 0.2) is 18.2 Å². The minimum atomic E-state index is -3.39. The molecule has 6 heteroatoms. The lowest BCUT2D eigenvalue weighted by atomic mass is 10.1. The zero-order valence-corrected chi connectivity index (χ0v) is 15.8. The van der Waals surface area contributed by atoms with Gasteiger partial charge in [0.25, 0.3) is 0 Å². The number of hydrogen-bond donors (Lipinski definition) is 1. The highest BCUT2D eigenvalue weighted by molar-refractivity contribution is 7.92. The summed E-state index contributed by atoms with van der Waals surface area (Å²) in [6.07, 6.45) is 1.97. The van der Waals surface area contributed by atoms with Gasteiger partial charge in [-0.05, 0) is 58.2 Å². The summed E-state index contributed by atoms with van der Waals surface area (Å²) in [7, 11) is -3.39. The van der Waals surface area contributed by atoms with Gasteiger partial charge in [0.1, 0.15) is 0 Å². The van der Waals surface area contributed by atoms with Crippen LogP contribution in [0.25, 0.3) is 0 Å². The SMILES string of the molecule is Cc1ccc(C)c(N(CCCC(=O)NC(C)(C)C)S(C)(=O)=O)c1. The van der Waals surface area contributed by atoms with E-state index in [0.717, 1.165) is 11.1 Å². The Labute approximate surface area is 140 Å². The first-order chi connectivity index (χ1) is 10.4. The second-order valence-electron chi connectivity index (χ2n) is 7.03. The highest BCUT2D eigenvalue weighted by Crippen LogP contribution is 2.24. The van der Waals surface area contributed by atoms with Crippen LogP contribution in [0.1, 0.15) is 44.7 Å². The molecule has 0 atom stereocenters. The summed E-state index contributed by atoms with van der Waals surface area (Å²) < 4.78 is 25.6. The summed E-state index contributed by atoms with van der Waals surface area (Å²) in [5, 5.41) is 2.88. The van der Waals surface area contributed by atoms with Crippen LogP contribution in [0.2, 0.25) is 0 Å². The zero-order valence-electron chi connectivity index (χ0n) is 14.9. The van der Waals surface area contributed by atoms with Gasteiger partial charge < -0.3 is 5.32 Å². The molecular weight excluding hydrogens is 312 g/mol. The smallest absolute Gasteiger partial charge is 0.232 e. The number of aryl methyl sites for hydroxylation is 2. The molecule has 23 heavy (non-hydrogen) atoms. The van der Waals surface area contributed by atoms with Gasteiger partial charge in [-0.3, -0.25) is 9.10 Å². The molecular formula is C17H28N2O3S. The molecule has 1 aromatic carbocycles. The summed E-state index contributed by atoms with van der Waals surface area (Å²) in [5.41, 5.74) is 2.31. The van der Waals surface area contributed by atoms with Gasteiger partial charge in [0.15, 0.2) is 0 Å². The van der Waals surface area contributed by atoms with Gasteiger partial charge in [-0.25, -0.2) is 8.42 Å². The first-order valence-corrected chi connectivity index (χ1v) is 9.61. The summed E-state index contributed by atoms with van der Waals surface area (Å²) in [5.74, 6) is -0.0630. The first kappa shape index (κ1) is 19.5. The highest BCUT2D eigenvalue weighted by Gasteiger charge is 2.20. The Kier molecular flexibility index (Phi) is 6.22. The van der Waals surface area contributed by atoms with E-state index < -0.39 is 10.0 Å². The predicted molar refractivity (Wildman–Crippen MR) is 95.2 cm³/mol. The molecule has 0 saturated carbocycles. The number of carbonyl (C=O) groups excluding carboxylic acids is 1. The number of sulfonamides is 1. The second-order valence-corrected chi connectivity index (χ2v) is 8.93. The molecule has 0 aliphatic carbocycles. The second kappa shape index (κ2) is 7.34. The van der Waals surface area contributed by atoms with E-state index in [-0.39, 0.29) is 11.4 Å². The number of amides is 1. The number of hydrogen-bond acceptors (Lipinski definition) is 3. The highest BCUT2D eigenvalue weighted by atomic mass is 32.2. The van der Waals surface area contributed by atoms with Gasteiger partial charge in [-0.1, -0.05) is 12.1 Å². The van der Waals surface area contributed by atoms with Gasteiger partial charge in [0.05, 0.1) is 11.9 Å². The van der Waals surface area contributed by atoms with Crippen molar-refractivity contribution in [1.82, 2.24) is 5.32 Å². The average molecular weight is 340 g/mol. The van der Waals surface area contributed by atoms with Crippen molar-refractivity contribution in [1.29, 1.82) is 0 Å². The molecule has 0 radical (unpaired) electrons. The van der Waals surface area contributed by atoms with Crippen LogP contribution in [-0.2, 0) is 14.8 Å². The lowest BCUT2D eigenvalue weighted by molar-refractivity contribution is -0.122. The van der Waals surface area contributed by atoms with Crippen LogP contribution in [-0.4, -0.2) is 32.7 Å². The van der Waals surface area contributed by atoms with Crippen LogP contribution in [0.4, 0.5) is 5.69 Å². The average Bonchev–Trinajstić information content (AvgIpc) is 2.34. The van der Waals surface area contributed by atoms with Crippen molar-refractivity contribution >= 4 is 21.6 Å². The van der Waals surface area contributed by atoms with E-state index in [9.17, 15) is 13.2 Å². The molecule has 5 nitrogen and oxygen atoms in total. The van der Waals surface area contributed by atoms with Crippen molar-refractivity contribution in [2.45, 2.75) is 53.0 Å². The fourth-order valence-electron chi connectivity index (χ4n) is 2.32. The lowest BCUT2D eigenvalue weighted by Gasteiger charge is -2.25. The molecule has 0 fully saturated rings. The van der Waals surface area contributed by atoms with Gasteiger partial charge in [-0.15, -0.1) is 0 Å². The van der Waals surface area contributed by atoms with Crippen LogP contribution in [0, 0.1) is 13.8 Å². The Morgan fingerprint density at radius 1 is 1.22 bits per heavy atom. The maximum Gasteiger partial charge on any atom is 0.232 e. The van der Waals surface area contributed by atoms with E-state index in [2.05, 4.69) is 5.32 Å². The van der Waals surface area contributed by atoms with Gasteiger partial charge >= 0.3 is 0 Å². The third-order valence-corrected chi connectivity index (χ3v) is 4.49. The molecule has 1 aromatic rings. The predicted octanol–water partition coefficient (Wildman–Crippen LogP) is 2.76. The lowest BCUT2D eigenvalue weighted by Crippen LogP contribution is -2.41. The maximum atomic E-state index is 12.1. The van der Waals surface area contributed by atoms with Crippen LogP contribution in [0.3, 0.4) is 0 Å². The van der Waals surface area contributed by atoms with Gasteiger partial charge in [-0.2, -0.15) is 0 Å². The van der Waals surface area contributed by atoms with E-state index in [1.165, 1.54) is 10.6 Å². The third kappa shape index (κ3) is 6.60. The number of rotatable bonds is 6. The molecule has 0 aromatic heterocycles. The van der Waals surface area contributed by atoms with E-state index >= 15 is 0 Å². The van der Waals surface area contributed by atoms with E-state index in [1.54, 1.807) is 0 Å². The van der Waals surface area contributed by atoms with Crippen molar-refractivity contribution in [2.75, 3.05) is 17.1 Å². The maximum absolute atomic E-state index is 12.1. The van der Waals surface area contributed by atoms with Crippen molar-refractivity contribution in [3.05, 3.63) is 29.3 Å². The molecule has 1 amide bonds. The minimum Gasteiger partial charge on any atom is -0.352 e. The Bertz CT molecular complexity index is 661. The van der Waals surface area contributed by atoms with E-state index in [1.807, 2.05) is 52.8 Å². The van der Waals surface area contributed by atoms with Crippen molar-refractivity contribution in [2.24, 2.45) is 0 Å². The third-order valence-electron chi connectivity index (χ3n) is 3.31. The van der Waals surface area contributed by atoms with E-state index in [4.69, 9.17) is 0 Å². The Hall–Kier alpha value is -1.56. The summed E-state index contributed by atoms with van der Waals surface area (Å²) in [4.78, 5) is 11.9. The molecule has 0 heterocycles. The Balaban J connectivity index is 2.83. The van der Waals surface area contributed by atoms with E-state index in [0.29, 0.717) is 25.1 Å². The molecule has 0 aliphatic rings. The van der Waals surface area contributed by atoms with Crippen LogP contribution < -0.4 is 9.62 Å². The van der Waals surface area contributed by atoms with Crippen LogP contribution >= 0.6 is 0 Å². The zero-order chi connectivity index (χ0) is 17.8. The molecule has 130 valence electrons.